The topological polar surface area (TPSA) is 26.3 Å². The Balaban J connectivity index is 0.000000686. The third kappa shape index (κ3) is 3.59. The number of carbonyl (C=O) groups excluding carboxylic acids is 1. The van der Waals surface area contributed by atoms with E-state index in [1.54, 1.807) is 0 Å². The van der Waals surface area contributed by atoms with Gasteiger partial charge in [0.2, 0.25) is 0 Å². The highest BCUT2D eigenvalue weighted by Crippen LogP contribution is 2.18. The lowest BCUT2D eigenvalue weighted by Gasteiger charge is -2.06. The molecule has 0 aliphatic heterocycles. The minimum Gasteiger partial charge on any atom is -0.461 e. The minimum absolute atomic E-state index is 0.247. The van der Waals surface area contributed by atoms with Crippen molar-refractivity contribution >= 4 is 16.7 Å². The minimum atomic E-state index is -0.247. The molecule has 0 radical (unpaired) electrons. The molecule has 0 N–H and O–H groups in total. The van der Waals surface area contributed by atoms with E-state index in [0.717, 1.165) is 10.9 Å². The number of fused-ring (bicyclic) bond motifs is 1. The molecule has 2 nitrogen and oxygen atoms in total. The normalized spacial score (nSPS) is 9.35. The van der Waals surface area contributed by atoms with Gasteiger partial charge in [0, 0.05) is 6.92 Å². The molecule has 0 saturated carbocycles. The Morgan fingerprint density at radius 2 is 1.71 bits per heavy atom. The maximum Gasteiger partial charge on any atom is 0.302 e. The molecule has 0 fully saturated rings. The quantitative estimate of drug-likeness (QED) is 0.731. The number of hydrogen-bond acceptors (Lipinski definition) is 2. The second-order valence-corrected chi connectivity index (χ2v) is 3.42. The molecular weight excluding hydrogens is 212 g/mol. The van der Waals surface area contributed by atoms with Crippen LogP contribution in [-0.2, 0) is 16.1 Å². The fraction of sp³-hybridized carbons (Fsp3) is 0.267. The van der Waals surface area contributed by atoms with Crippen LogP contribution in [0.25, 0.3) is 10.8 Å². The molecule has 0 amide bonds. The lowest BCUT2D eigenvalue weighted by Crippen LogP contribution is -1.99. The molecule has 2 aromatic carbocycles. The van der Waals surface area contributed by atoms with Gasteiger partial charge in [-0.25, -0.2) is 0 Å². The van der Waals surface area contributed by atoms with E-state index in [9.17, 15) is 4.79 Å². The Kier molecular flexibility index (Phi) is 5.21. The van der Waals surface area contributed by atoms with Gasteiger partial charge < -0.3 is 4.74 Å². The third-order valence-corrected chi connectivity index (χ3v) is 2.31. The predicted octanol–water partition coefficient (Wildman–Crippen LogP) is 3.93. The van der Waals surface area contributed by atoms with Gasteiger partial charge in [-0.1, -0.05) is 56.3 Å². The Morgan fingerprint density at radius 1 is 1.06 bits per heavy atom. The van der Waals surface area contributed by atoms with E-state index in [1.807, 2.05) is 56.3 Å². The molecule has 90 valence electrons. The van der Waals surface area contributed by atoms with E-state index in [-0.39, 0.29) is 5.97 Å². The lowest BCUT2D eigenvalue weighted by molar-refractivity contribution is -0.142. The largest absolute Gasteiger partial charge is 0.461 e. The van der Waals surface area contributed by atoms with Crippen molar-refractivity contribution in [3.63, 3.8) is 0 Å². The molecule has 2 heteroatoms. The number of hydrogen-bond donors (Lipinski definition) is 0. The molecule has 0 atom stereocenters. The van der Waals surface area contributed by atoms with E-state index in [2.05, 4.69) is 0 Å². The molecule has 0 aliphatic rings. The fourth-order valence-electron chi connectivity index (χ4n) is 1.60. The van der Waals surface area contributed by atoms with Crippen LogP contribution in [0.1, 0.15) is 26.3 Å². The zero-order valence-corrected chi connectivity index (χ0v) is 10.6. The van der Waals surface area contributed by atoms with E-state index in [0.29, 0.717) is 6.61 Å². The summed E-state index contributed by atoms with van der Waals surface area (Å²) in [6.07, 6.45) is 0. The van der Waals surface area contributed by atoms with Crippen LogP contribution < -0.4 is 0 Å². The van der Waals surface area contributed by atoms with Gasteiger partial charge >= 0.3 is 5.97 Å². The number of carbonyl (C=O) groups is 1. The van der Waals surface area contributed by atoms with Crippen LogP contribution in [0.4, 0.5) is 0 Å². The summed E-state index contributed by atoms with van der Waals surface area (Å²) in [6.45, 7) is 5.77. The predicted molar refractivity (Wildman–Crippen MR) is 70.8 cm³/mol. The standard InChI is InChI=1S/C13H12O2.C2H6/c1-10(14)15-9-12-7-4-6-11-5-2-3-8-13(11)12;1-2/h2-8H,9H2,1H3;1-2H3. The average molecular weight is 230 g/mol. The van der Waals surface area contributed by atoms with Gasteiger partial charge in [0.1, 0.15) is 6.61 Å². The third-order valence-electron chi connectivity index (χ3n) is 2.31. The van der Waals surface area contributed by atoms with E-state index >= 15 is 0 Å². The molecule has 2 aromatic rings. The van der Waals surface area contributed by atoms with Crippen LogP contribution in [0.3, 0.4) is 0 Å². The van der Waals surface area contributed by atoms with E-state index in [4.69, 9.17) is 4.74 Å². The first-order valence-corrected chi connectivity index (χ1v) is 5.87. The van der Waals surface area contributed by atoms with Gasteiger partial charge in [0.15, 0.2) is 0 Å². The van der Waals surface area contributed by atoms with Crippen molar-refractivity contribution < 1.29 is 9.53 Å². The second-order valence-electron chi connectivity index (χ2n) is 3.42. The van der Waals surface area contributed by atoms with Crippen LogP contribution in [0.2, 0.25) is 0 Å². The molecule has 17 heavy (non-hydrogen) atoms. The summed E-state index contributed by atoms with van der Waals surface area (Å²) in [7, 11) is 0. The lowest BCUT2D eigenvalue weighted by atomic mass is 10.1. The Bertz CT molecular complexity index is 484. The van der Waals surface area contributed by atoms with Crippen LogP contribution in [0, 0.1) is 0 Å². The average Bonchev–Trinajstić information content (AvgIpc) is 2.38. The summed E-state index contributed by atoms with van der Waals surface area (Å²) in [4.78, 5) is 10.7. The highest BCUT2D eigenvalue weighted by molar-refractivity contribution is 5.85. The van der Waals surface area contributed by atoms with Gasteiger partial charge in [-0.05, 0) is 16.3 Å². The molecule has 0 saturated heterocycles. The highest BCUT2D eigenvalue weighted by atomic mass is 16.5. The van der Waals surface area contributed by atoms with Crippen molar-refractivity contribution in [3.8, 4) is 0 Å². The zero-order chi connectivity index (χ0) is 12.7. The first kappa shape index (κ1) is 13.2. The van der Waals surface area contributed by atoms with Crippen molar-refractivity contribution in [2.24, 2.45) is 0 Å². The number of benzene rings is 2. The fourth-order valence-corrected chi connectivity index (χ4v) is 1.60. The van der Waals surface area contributed by atoms with Crippen molar-refractivity contribution in [1.29, 1.82) is 0 Å². The van der Waals surface area contributed by atoms with Crippen molar-refractivity contribution in [3.05, 3.63) is 48.0 Å². The van der Waals surface area contributed by atoms with Gasteiger partial charge in [-0.15, -0.1) is 0 Å². The van der Waals surface area contributed by atoms with Gasteiger partial charge in [-0.2, -0.15) is 0 Å². The molecule has 0 bridgehead atoms. The molecule has 2 rings (SSSR count). The summed E-state index contributed by atoms with van der Waals surface area (Å²) in [5.74, 6) is -0.247. The number of rotatable bonds is 2. The van der Waals surface area contributed by atoms with Crippen LogP contribution >= 0.6 is 0 Å². The SMILES string of the molecule is CC.CC(=O)OCc1cccc2ccccc12. The summed E-state index contributed by atoms with van der Waals surface area (Å²) < 4.78 is 5.00. The molecule has 0 aliphatic carbocycles. The number of ether oxygens (including phenoxy) is 1. The second kappa shape index (κ2) is 6.69. The summed E-state index contributed by atoms with van der Waals surface area (Å²) in [5.41, 5.74) is 1.04. The molecule has 0 spiro atoms. The van der Waals surface area contributed by atoms with Gasteiger partial charge in [0.05, 0.1) is 0 Å². The first-order valence-electron chi connectivity index (χ1n) is 5.87. The maximum atomic E-state index is 10.7. The Hall–Kier alpha value is -1.83. The van der Waals surface area contributed by atoms with Crippen molar-refractivity contribution in [1.82, 2.24) is 0 Å². The van der Waals surface area contributed by atoms with Crippen molar-refractivity contribution in [2.75, 3.05) is 0 Å². The van der Waals surface area contributed by atoms with Crippen molar-refractivity contribution in [2.45, 2.75) is 27.4 Å². The molecule has 0 aromatic heterocycles. The summed E-state index contributed by atoms with van der Waals surface area (Å²) in [6, 6.07) is 14.1. The van der Waals surface area contributed by atoms with Gasteiger partial charge in [-0.3, -0.25) is 4.79 Å². The first-order chi connectivity index (χ1) is 8.27. The van der Waals surface area contributed by atoms with E-state index in [1.165, 1.54) is 12.3 Å². The highest BCUT2D eigenvalue weighted by Gasteiger charge is 2.01. The Labute approximate surface area is 102 Å². The summed E-state index contributed by atoms with van der Waals surface area (Å²) in [5, 5.41) is 2.31. The van der Waals surface area contributed by atoms with Crippen LogP contribution in [0.5, 0.6) is 0 Å². The summed E-state index contributed by atoms with van der Waals surface area (Å²) >= 11 is 0. The number of esters is 1. The van der Waals surface area contributed by atoms with Crippen LogP contribution in [0.15, 0.2) is 42.5 Å². The molecule has 0 unspecified atom stereocenters. The Morgan fingerprint density at radius 3 is 2.41 bits per heavy atom. The van der Waals surface area contributed by atoms with E-state index < -0.39 is 0 Å². The monoisotopic (exact) mass is 230 g/mol. The maximum absolute atomic E-state index is 10.7. The van der Waals surface area contributed by atoms with Crippen LogP contribution in [-0.4, -0.2) is 5.97 Å². The van der Waals surface area contributed by atoms with Gasteiger partial charge in [0.25, 0.3) is 0 Å². The zero-order valence-electron chi connectivity index (χ0n) is 10.6. The smallest absolute Gasteiger partial charge is 0.302 e. The molecular formula is C15H18O2. The molecule has 0 heterocycles.